The first-order valence-electron chi connectivity index (χ1n) is 12.8. The predicted molar refractivity (Wildman–Crippen MR) is 142 cm³/mol. The van der Waals surface area contributed by atoms with Gasteiger partial charge in [0.1, 0.15) is 25.0 Å². The fraction of sp³-hybridized carbons (Fsp3) is 0.481. The van der Waals surface area contributed by atoms with Crippen LogP contribution in [0.5, 0.6) is 5.75 Å². The predicted octanol–water partition coefficient (Wildman–Crippen LogP) is 2.84. The van der Waals surface area contributed by atoms with E-state index in [1.54, 1.807) is 37.3 Å². The normalized spacial score (nSPS) is 16.1. The van der Waals surface area contributed by atoms with Crippen LogP contribution in [0.1, 0.15) is 53.7 Å². The van der Waals surface area contributed by atoms with Crippen molar-refractivity contribution in [2.75, 3.05) is 26.2 Å². The maximum absolute atomic E-state index is 13.1. The van der Waals surface area contributed by atoms with Crippen molar-refractivity contribution in [1.29, 1.82) is 0 Å². The number of ether oxygens (including phenoxy) is 2. The number of benzene rings is 2. The third-order valence-corrected chi connectivity index (χ3v) is 7.25. The Morgan fingerprint density at radius 2 is 1.97 bits per heavy atom. The van der Waals surface area contributed by atoms with Gasteiger partial charge in [-0.25, -0.2) is 4.79 Å². The first-order chi connectivity index (χ1) is 17.7. The van der Waals surface area contributed by atoms with E-state index in [1.807, 2.05) is 13.8 Å². The van der Waals surface area contributed by atoms with Crippen molar-refractivity contribution in [3.8, 4) is 5.75 Å². The number of hydrogen-bond acceptors (Lipinski definition) is 7. The molecule has 0 aliphatic carbocycles. The summed E-state index contributed by atoms with van der Waals surface area (Å²) in [6.45, 7) is 9.36. The summed E-state index contributed by atoms with van der Waals surface area (Å²) in [6, 6.07) is 7.90. The van der Waals surface area contributed by atoms with Crippen LogP contribution in [0.25, 0.3) is 0 Å². The van der Waals surface area contributed by atoms with Gasteiger partial charge >= 0.3 is 13.1 Å². The van der Waals surface area contributed by atoms with Crippen molar-refractivity contribution in [2.45, 2.75) is 52.9 Å². The van der Waals surface area contributed by atoms with E-state index in [2.05, 4.69) is 10.2 Å². The van der Waals surface area contributed by atoms with Crippen LogP contribution in [0.2, 0.25) is 5.02 Å². The minimum atomic E-state index is -1.05. The van der Waals surface area contributed by atoms with Crippen LogP contribution >= 0.6 is 11.6 Å². The molecule has 2 aromatic carbocycles. The lowest BCUT2D eigenvalue weighted by Gasteiger charge is -2.22. The van der Waals surface area contributed by atoms with Crippen molar-refractivity contribution in [2.24, 2.45) is 5.92 Å². The summed E-state index contributed by atoms with van der Waals surface area (Å²) in [6.07, 6.45) is 2.45. The quantitative estimate of drug-likeness (QED) is 0.361. The zero-order chi connectivity index (χ0) is 26.5. The lowest BCUT2D eigenvalue weighted by molar-refractivity contribution is -0.148. The Hall–Kier alpha value is -2.59. The van der Waals surface area contributed by atoms with Gasteiger partial charge in [0.25, 0.3) is 5.91 Å². The second-order valence-corrected chi connectivity index (χ2v) is 10.3. The van der Waals surface area contributed by atoms with E-state index in [0.29, 0.717) is 40.6 Å². The molecule has 198 valence electrons. The van der Waals surface area contributed by atoms with Crippen LogP contribution in [0, 0.1) is 12.8 Å². The van der Waals surface area contributed by atoms with Gasteiger partial charge in [-0.1, -0.05) is 37.6 Å². The fourth-order valence-corrected chi connectivity index (χ4v) is 4.92. The van der Waals surface area contributed by atoms with Crippen LogP contribution in [0.15, 0.2) is 30.3 Å². The van der Waals surface area contributed by atoms with Crippen molar-refractivity contribution in [3.05, 3.63) is 57.6 Å². The van der Waals surface area contributed by atoms with Crippen LogP contribution in [-0.2, 0) is 27.4 Å². The Bertz CT molecular complexity index is 1140. The van der Waals surface area contributed by atoms with Crippen LogP contribution in [-0.4, -0.2) is 61.2 Å². The van der Waals surface area contributed by atoms with Gasteiger partial charge in [-0.15, -0.1) is 0 Å². The van der Waals surface area contributed by atoms with Gasteiger partial charge in [0.05, 0.1) is 11.6 Å². The Kier molecular flexibility index (Phi) is 9.13. The molecule has 2 heterocycles. The van der Waals surface area contributed by atoms with E-state index in [0.717, 1.165) is 30.8 Å². The standard InChI is InChI=1S/C27H34BClN2O6/c1-17(2)25(30-26(32)21-8-7-20-16-37-28(34)24(20)18(21)3)27(33)36-15-19-6-9-22(29)23(14-19)35-13-12-31-10-4-5-11-31/h6-9,14,17,25,34H,4-5,10-13,15-16H2,1-3H3,(H,30,32). The molecule has 2 aromatic rings. The molecule has 0 bridgehead atoms. The zero-order valence-electron chi connectivity index (χ0n) is 21.6. The highest BCUT2D eigenvalue weighted by Crippen LogP contribution is 2.26. The molecule has 0 aromatic heterocycles. The number of amides is 1. The minimum absolute atomic E-state index is 0.0268. The number of fused-ring (bicyclic) bond motifs is 1. The summed E-state index contributed by atoms with van der Waals surface area (Å²) in [5.74, 6) is -0.580. The van der Waals surface area contributed by atoms with E-state index in [1.165, 1.54) is 12.8 Å². The molecule has 1 amide bonds. The average Bonchev–Trinajstić information content (AvgIpc) is 3.52. The number of halogens is 1. The molecular weight excluding hydrogens is 495 g/mol. The summed E-state index contributed by atoms with van der Waals surface area (Å²) < 4.78 is 16.7. The highest BCUT2D eigenvalue weighted by Gasteiger charge is 2.32. The Labute approximate surface area is 223 Å². The Balaban J connectivity index is 1.35. The van der Waals surface area contributed by atoms with Gasteiger partial charge in [-0.2, -0.15) is 0 Å². The van der Waals surface area contributed by atoms with Gasteiger partial charge in [0, 0.05) is 12.1 Å². The molecule has 2 N–H and O–H groups in total. The molecule has 0 spiro atoms. The molecule has 1 saturated heterocycles. The van der Waals surface area contributed by atoms with Crippen molar-refractivity contribution < 1.29 is 28.7 Å². The molecule has 1 fully saturated rings. The molecule has 4 rings (SSSR count). The summed E-state index contributed by atoms with van der Waals surface area (Å²) in [5, 5.41) is 13.4. The van der Waals surface area contributed by atoms with Crippen molar-refractivity contribution in [1.82, 2.24) is 10.2 Å². The van der Waals surface area contributed by atoms with Crippen LogP contribution in [0.4, 0.5) is 0 Å². The molecule has 0 saturated carbocycles. The summed E-state index contributed by atoms with van der Waals surface area (Å²) in [5.41, 5.74) is 3.22. The Morgan fingerprint density at radius 3 is 2.70 bits per heavy atom. The molecule has 2 aliphatic heterocycles. The molecule has 10 heteroatoms. The van der Waals surface area contributed by atoms with Gasteiger partial charge < -0.3 is 24.5 Å². The number of carbonyl (C=O) groups excluding carboxylic acids is 2. The van der Waals surface area contributed by atoms with E-state index < -0.39 is 25.0 Å². The smallest absolute Gasteiger partial charge is 0.491 e. The molecule has 0 radical (unpaired) electrons. The first kappa shape index (κ1) is 27.4. The Morgan fingerprint density at radius 1 is 1.22 bits per heavy atom. The third-order valence-electron chi connectivity index (χ3n) is 6.94. The summed E-state index contributed by atoms with van der Waals surface area (Å²) in [4.78, 5) is 28.4. The first-order valence-corrected chi connectivity index (χ1v) is 13.2. The van der Waals surface area contributed by atoms with Gasteiger partial charge in [-0.05, 0) is 79.1 Å². The maximum atomic E-state index is 13.1. The molecule has 8 nitrogen and oxygen atoms in total. The monoisotopic (exact) mass is 528 g/mol. The summed E-state index contributed by atoms with van der Waals surface area (Å²) in [7, 11) is -1.05. The summed E-state index contributed by atoms with van der Waals surface area (Å²) >= 11 is 6.30. The van der Waals surface area contributed by atoms with Crippen LogP contribution < -0.4 is 15.5 Å². The number of nitrogens with zero attached hydrogens (tertiary/aromatic N) is 1. The maximum Gasteiger partial charge on any atom is 0.492 e. The highest BCUT2D eigenvalue weighted by molar-refractivity contribution is 6.62. The van der Waals surface area contributed by atoms with Gasteiger partial charge in [0.15, 0.2) is 0 Å². The third kappa shape index (κ3) is 6.65. The number of hydrogen-bond donors (Lipinski definition) is 2. The zero-order valence-corrected chi connectivity index (χ0v) is 22.3. The minimum Gasteiger partial charge on any atom is -0.491 e. The number of carbonyl (C=O) groups is 2. The molecular formula is C27H34BClN2O6. The highest BCUT2D eigenvalue weighted by atomic mass is 35.5. The van der Waals surface area contributed by atoms with E-state index in [4.69, 9.17) is 25.7 Å². The molecule has 1 atom stereocenters. The van der Waals surface area contributed by atoms with Crippen molar-refractivity contribution >= 4 is 36.1 Å². The SMILES string of the molecule is Cc1c(C(=O)NC(C(=O)OCc2ccc(Cl)c(OCCN3CCCC3)c2)C(C)C)ccc2c1B(O)OC2. The molecule has 37 heavy (non-hydrogen) atoms. The largest absolute Gasteiger partial charge is 0.492 e. The second-order valence-electron chi connectivity index (χ2n) is 9.94. The lowest BCUT2D eigenvalue weighted by atomic mass is 9.75. The number of esters is 1. The number of likely N-dealkylation sites (tertiary alicyclic amines) is 1. The topological polar surface area (TPSA) is 97.3 Å². The molecule has 1 unspecified atom stereocenters. The lowest BCUT2D eigenvalue weighted by Crippen LogP contribution is -2.46. The molecule has 2 aliphatic rings. The van der Waals surface area contributed by atoms with E-state index >= 15 is 0 Å². The van der Waals surface area contributed by atoms with Crippen LogP contribution in [0.3, 0.4) is 0 Å². The number of nitrogens with one attached hydrogen (secondary N) is 1. The second kappa shape index (κ2) is 12.3. The van der Waals surface area contributed by atoms with Crippen molar-refractivity contribution in [3.63, 3.8) is 0 Å². The number of rotatable bonds is 10. The average molecular weight is 529 g/mol. The fourth-order valence-electron chi connectivity index (χ4n) is 4.75. The van der Waals surface area contributed by atoms with E-state index in [-0.39, 0.29) is 12.5 Å². The van der Waals surface area contributed by atoms with Gasteiger partial charge in [0.2, 0.25) is 0 Å². The van der Waals surface area contributed by atoms with E-state index in [9.17, 15) is 14.6 Å². The van der Waals surface area contributed by atoms with Gasteiger partial charge in [-0.3, -0.25) is 9.69 Å².